The third-order valence-electron chi connectivity index (χ3n) is 4.32. The van der Waals surface area contributed by atoms with Gasteiger partial charge >= 0.3 is 5.97 Å². The molecule has 0 amide bonds. The molecule has 28 heavy (non-hydrogen) atoms. The molecule has 0 radical (unpaired) electrons. The van der Waals surface area contributed by atoms with E-state index in [2.05, 4.69) is 33.0 Å². The summed E-state index contributed by atoms with van der Waals surface area (Å²) in [6.45, 7) is 1.98. The first kappa shape index (κ1) is 20.0. The van der Waals surface area contributed by atoms with Gasteiger partial charge in [0.25, 0.3) is 0 Å². The number of aromatic nitrogens is 1. The number of carbonyl (C=O) groups is 2. The third kappa shape index (κ3) is 4.75. The highest BCUT2D eigenvalue weighted by molar-refractivity contribution is 9.10. The van der Waals surface area contributed by atoms with Gasteiger partial charge in [0.1, 0.15) is 5.69 Å². The molecule has 1 heterocycles. The van der Waals surface area contributed by atoms with Crippen LogP contribution in [0.1, 0.15) is 41.5 Å². The zero-order valence-corrected chi connectivity index (χ0v) is 17.0. The summed E-state index contributed by atoms with van der Waals surface area (Å²) in [6, 6.07) is 15.9. The van der Waals surface area contributed by atoms with Crippen molar-refractivity contribution in [3.05, 3.63) is 70.0 Å². The average Bonchev–Trinajstić information content (AvgIpc) is 2.69. The fourth-order valence-electron chi connectivity index (χ4n) is 2.97. The van der Waals surface area contributed by atoms with E-state index in [1.54, 1.807) is 13.0 Å². The summed E-state index contributed by atoms with van der Waals surface area (Å²) in [5.41, 5.74) is 1.67. The zero-order valence-electron chi connectivity index (χ0n) is 15.4. The van der Waals surface area contributed by atoms with E-state index in [1.807, 2.05) is 30.3 Å². The van der Waals surface area contributed by atoms with E-state index in [9.17, 15) is 14.7 Å². The molecule has 144 valence electrons. The van der Waals surface area contributed by atoms with Crippen LogP contribution in [0.3, 0.4) is 0 Å². The van der Waals surface area contributed by atoms with Gasteiger partial charge in [-0.2, -0.15) is 0 Å². The smallest absolute Gasteiger partial charge is 0.306 e. The number of benzene rings is 2. The topological polar surface area (TPSA) is 76.5 Å². The minimum atomic E-state index is -0.443. The Balaban J connectivity index is 1.81. The molecule has 0 unspecified atom stereocenters. The predicted octanol–water partition coefficient (Wildman–Crippen LogP) is 4.82. The van der Waals surface area contributed by atoms with E-state index in [0.717, 1.165) is 16.3 Å². The molecule has 1 aromatic heterocycles. The Morgan fingerprint density at radius 3 is 2.57 bits per heavy atom. The first-order valence-electron chi connectivity index (χ1n) is 9.02. The van der Waals surface area contributed by atoms with E-state index >= 15 is 0 Å². The summed E-state index contributed by atoms with van der Waals surface area (Å²) in [5, 5.41) is 12.5. The number of pyridine rings is 1. The van der Waals surface area contributed by atoms with Crippen molar-refractivity contribution in [2.24, 2.45) is 0 Å². The molecule has 0 spiro atoms. The van der Waals surface area contributed by atoms with Crippen molar-refractivity contribution in [2.45, 2.75) is 26.2 Å². The Kier molecular flexibility index (Phi) is 6.41. The van der Waals surface area contributed by atoms with Crippen LogP contribution in [0, 0.1) is 0 Å². The molecular formula is C22H20BrNO4. The summed E-state index contributed by atoms with van der Waals surface area (Å²) >= 11 is 3.29. The normalized spacial score (nSPS) is 10.8. The highest BCUT2D eigenvalue weighted by atomic mass is 79.9. The number of ketones is 1. The lowest BCUT2D eigenvalue weighted by atomic mass is 10.0. The van der Waals surface area contributed by atoms with Gasteiger partial charge in [-0.15, -0.1) is 0 Å². The van der Waals surface area contributed by atoms with Crippen LogP contribution >= 0.6 is 15.9 Å². The minimum absolute atomic E-state index is 0.0329. The van der Waals surface area contributed by atoms with Crippen molar-refractivity contribution in [1.29, 1.82) is 0 Å². The summed E-state index contributed by atoms with van der Waals surface area (Å²) in [6.07, 6.45) is 0.410. The first-order valence-corrected chi connectivity index (χ1v) is 9.82. The Hall–Kier alpha value is -2.73. The Morgan fingerprint density at radius 2 is 1.82 bits per heavy atom. The summed E-state index contributed by atoms with van der Waals surface area (Å²) in [5.74, 6) is -1.05. The maximum Gasteiger partial charge on any atom is 0.306 e. The standard InChI is InChI=1S/C22H20BrNO4/c1-2-28-20(26)10-9-19(25)21-22(27)18(23)13-17(24-21)12-14-7-8-15-5-3-4-6-16(15)11-14/h3-8,11,13,27H,2,9-10,12H2,1H3. The number of esters is 1. The molecule has 3 aromatic rings. The van der Waals surface area contributed by atoms with Gasteiger partial charge in [0.2, 0.25) is 0 Å². The number of halogens is 1. The van der Waals surface area contributed by atoms with Gasteiger partial charge in [0, 0.05) is 18.5 Å². The van der Waals surface area contributed by atoms with E-state index in [0.29, 0.717) is 16.6 Å². The molecule has 2 aromatic carbocycles. The second-order valence-electron chi connectivity index (χ2n) is 6.38. The van der Waals surface area contributed by atoms with Crippen LogP contribution in [0.4, 0.5) is 0 Å². The Labute approximate surface area is 171 Å². The number of hydrogen-bond acceptors (Lipinski definition) is 5. The van der Waals surface area contributed by atoms with Gasteiger partial charge in [0.15, 0.2) is 11.5 Å². The van der Waals surface area contributed by atoms with Crippen molar-refractivity contribution >= 4 is 38.5 Å². The number of aromatic hydroxyl groups is 1. The van der Waals surface area contributed by atoms with Crippen LogP contribution in [0.2, 0.25) is 0 Å². The first-order chi connectivity index (χ1) is 13.5. The van der Waals surface area contributed by atoms with Gasteiger partial charge in [-0.1, -0.05) is 42.5 Å². The average molecular weight is 442 g/mol. The fraction of sp³-hybridized carbons (Fsp3) is 0.227. The molecule has 0 aliphatic heterocycles. The van der Waals surface area contributed by atoms with Crippen LogP contribution in [0.15, 0.2) is 53.0 Å². The molecule has 0 saturated carbocycles. The SMILES string of the molecule is CCOC(=O)CCC(=O)c1nc(Cc2ccc3ccccc3c2)cc(Br)c1O. The number of ether oxygens (including phenoxy) is 1. The molecule has 0 aliphatic rings. The number of hydrogen-bond donors (Lipinski definition) is 1. The van der Waals surface area contributed by atoms with Crippen molar-refractivity contribution in [3.63, 3.8) is 0 Å². The van der Waals surface area contributed by atoms with Crippen LogP contribution in [-0.4, -0.2) is 28.4 Å². The van der Waals surface area contributed by atoms with E-state index < -0.39 is 11.8 Å². The number of carbonyl (C=O) groups excluding carboxylic acids is 2. The second kappa shape index (κ2) is 8.97. The highest BCUT2D eigenvalue weighted by Gasteiger charge is 2.19. The number of rotatable bonds is 7. The summed E-state index contributed by atoms with van der Waals surface area (Å²) in [4.78, 5) is 28.3. The molecule has 0 saturated heterocycles. The Morgan fingerprint density at radius 1 is 1.07 bits per heavy atom. The van der Waals surface area contributed by atoms with Crippen LogP contribution in [0.25, 0.3) is 10.8 Å². The maximum absolute atomic E-state index is 12.5. The fourth-order valence-corrected chi connectivity index (χ4v) is 3.42. The minimum Gasteiger partial charge on any atom is -0.504 e. The van der Waals surface area contributed by atoms with Gasteiger partial charge in [-0.3, -0.25) is 9.59 Å². The second-order valence-corrected chi connectivity index (χ2v) is 7.23. The van der Waals surface area contributed by atoms with E-state index in [-0.39, 0.29) is 30.9 Å². The quantitative estimate of drug-likeness (QED) is 0.420. The lowest BCUT2D eigenvalue weighted by Gasteiger charge is -2.09. The van der Waals surface area contributed by atoms with E-state index in [1.165, 1.54) is 0 Å². The monoisotopic (exact) mass is 441 g/mol. The number of fused-ring (bicyclic) bond motifs is 1. The summed E-state index contributed by atoms with van der Waals surface area (Å²) in [7, 11) is 0. The van der Waals surface area contributed by atoms with Gasteiger partial charge in [0.05, 0.1) is 17.5 Å². The summed E-state index contributed by atoms with van der Waals surface area (Å²) < 4.78 is 5.24. The zero-order chi connectivity index (χ0) is 20.1. The molecule has 0 atom stereocenters. The molecular weight excluding hydrogens is 422 g/mol. The molecule has 0 aliphatic carbocycles. The van der Waals surface area contributed by atoms with Crippen LogP contribution in [-0.2, 0) is 16.0 Å². The molecule has 0 bridgehead atoms. The molecule has 3 rings (SSSR count). The molecule has 5 nitrogen and oxygen atoms in total. The number of nitrogens with zero attached hydrogens (tertiary/aromatic N) is 1. The Bertz CT molecular complexity index is 1030. The van der Waals surface area contributed by atoms with Crippen molar-refractivity contribution in [3.8, 4) is 5.75 Å². The highest BCUT2D eigenvalue weighted by Crippen LogP contribution is 2.29. The molecule has 1 N–H and O–H groups in total. The number of Topliss-reactive ketones (excluding diaryl/α,β-unsaturated/α-hetero) is 1. The van der Waals surface area contributed by atoms with Crippen molar-refractivity contribution in [1.82, 2.24) is 4.98 Å². The molecule has 6 heteroatoms. The van der Waals surface area contributed by atoms with Crippen LogP contribution < -0.4 is 0 Å². The van der Waals surface area contributed by atoms with Crippen molar-refractivity contribution in [2.75, 3.05) is 6.61 Å². The molecule has 0 fully saturated rings. The van der Waals surface area contributed by atoms with Gasteiger partial charge < -0.3 is 9.84 Å². The lowest BCUT2D eigenvalue weighted by Crippen LogP contribution is -2.10. The predicted molar refractivity (Wildman–Crippen MR) is 111 cm³/mol. The third-order valence-corrected chi connectivity index (χ3v) is 4.93. The van der Waals surface area contributed by atoms with E-state index in [4.69, 9.17) is 4.74 Å². The lowest BCUT2D eigenvalue weighted by molar-refractivity contribution is -0.143. The maximum atomic E-state index is 12.5. The van der Waals surface area contributed by atoms with Gasteiger partial charge in [-0.05, 0) is 45.3 Å². The van der Waals surface area contributed by atoms with Gasteiger partial charge in [-0.25, -0.2) is 4.98 Å². The van der Waals surface area contributed by atoms with Crippen LogP contribution in [0.5, 0.6) is 5.75 Å². The largest absolute Gasteiger partial charge is 0.504 e. The van der Waals surface area contributed by atoms with Crippen molar-refractivity contribution < 1.29 is 19.4 Å².